The molecule has 0 aromatic heterocycles. The fraction of sp³-hybridized carbons (Fsp3) is 0.0500. The number of ether oxygens (including phenoxy) is 1. The Hall–Kier alpha value is -2.35. The van der Waals surface area contributed by atoms with Crippen LogP contribution >= 0.6 is 0 Å². The zero-order valence-electron chi connectivity index (χ0n) is 12.5. The van der Waals surface area contributed by atoms with Crippen molar-refractivity contribution in [2.24, 2.45) is 0 Å². The standard InChI is InChI=1S/C20H16O2Se/c21-14-18-19(22-15-16-8-3-1-4-9-16)12-7-13-20(18)23-17-10-5-2-6-11-17/h1-14H,15H2. The van der Waals surface area contributed by atoms with Crippen LogP contribution in [0.3, 0.4) is 0 Å². The molecule has 114 valence electrons. The number of rotatable bonds is 6. The summed E-state index contributed by atoms with van der Waals surface area (Å²) in [5.41, 5.74) is 1.75. The Labute approximate surface area is 142 Å². The van der Waals surface area contributed by atoms with Crippen molar-refractivity contribution in [3.63, 3.8) is 0 Å². The number of carbonyl (C=O) groups excluding carboxylic acids is 1. The van der Waals surface area contributed by atoms with Gasteiger partial charge < -0.3 is 0 Å². The second-order valence-corrected chi connectivity index (χ2v) is 7.32. The van der Waals surface area contributed by atoms with Crippen molar-refractivity contribution in [3.05, 3.63) is 90.0 Å². The summed E-state index contributed by atoms with van der Waals surface area (Å²) in [6, 6.07) is 26.0. The summed E-state index contributed by atoms with van der Waals surface area (Å²) < 4.78 is 8.16. The summed E-state index contributed by atoms with van der Waals surface area (Å²) in [6.07, 6.45) is 0.903. The fourth-order valence-corrected chi connectivity index (χ4v) is 4.20. The van der Waals surface area contributed by atoms with Crippen LogP contribution in [0.15, 0.2) is 78.9 Å². The van der Waals surface area contributed by atoms with Crippen molar-refractivity contribution < 1.29 is 9.53 Å². The van der Waals surface area contributed by atoms with Gasteiger partial charge in [0, 0.05) is 0 Å². The van der Waals surface area contributed by atoms with Crippen molar-refractivity contribution in [2.45, 2.75) is 6.61 Å². The Kier molecular flexibility index (Phi) is 5.25. The fourth-order valence-electron chi connectivity index (χ4n) is 2.21. The minimum atomic E-state index is 0.0869. The number of aldehydes is 1. The van der Waals surface area contributed by atoms with E-state index in [9.17, 15) is 4.79 Å². The van der Waals surface area contributed by atoms with E-state index >= 15 is 0 Å². The second kappa shape index (κ2) is 7.77. The molecule has 0 aliphatic carbocycles. The van der Waals surface area contributed by atoms with Gasteiger partial charge in [-0.2, -0.15) is 0 Å². The first-order chi connectivity index (χ1) is 11.4. The van der Waals surface area contributed by atoms with E-state index < -0.39 is 0 Å². The summed E-state index contributed by atoms with van der Waals surface area (Å²) in [5, 5.41) is 0. The van der Waals surface area contributed by atoms with Crippen LogP contribution in [0.25, 0.3) is 0 Å². The maximum absolute atomic E-state index is 11.6. The van der Waals surface area contributed by atoms with Crippen molar-refractivity contribution in [1.82, 2.24) is 0 Å². The van der Waals surface area contributed by atoms with E-state index in [0.29, 0.717) is 17.9 Å². The quantitative estimate of drug-likeness (QED) is 0.495. The van der Waals surface area contributed by atoms with E-state index in [4.69, 9.17) is 4.74 Å². The van der Waals surface area contributed by atoms with Gasteiger partial charge in [0.1, 0.15) is 0 Å². The molecular formula is C20H16O2Se. The Morgan fingerprint density at radius 3 is 2.22 bits per heavy atom. The molecule has 0 saturated heterocycles. The zero-order chi connectivity index (χ0) is 15.9. The van der Waals surface area contributed by atoms with Crippen LogP contribution in [-0.2, 0) is 6.61 Å². The third-order valence-corrected chi connectivity index (χ3v) is 5.63. The molecule has 0 aliphatic heterocycles. The van der Waals surface area contributed by atoms with Crippen molar-refractivity contribution in [3.8, 4) is 5.75 Å². The van der Waals surface area contributed by atoms with Gasteiger partial charge in [-0.25, -0.2) is 0 Å². The van der Waals surface area contributed by atoms with Gasteiger partial charge in [-0.05, 0) is 0 Å². The van der Waals surface area contributed by atoms with Gasteiger partial charge in [0.15, 0.2) is 0 Å². The average molecular weight is 367 g/mol. The molecule has 3 aromatic carbocycles. The molecule has 0 aliphatic rings. The number of benzene rings is 3. The Morgan fingerprint density at radius 2 is 1.52 bits per heavy atom. The third kappa shape index (κ3) is 4.10. The van der Waals surface area contributed by atoms with Gasteiger partial charge in [0.2, 0.25) is 0 Å². The minimum absolute atomic E-state index is 0.0869. The molecule has 0 atom stereocenters. The molecule has 0 radical (unpaired) electrons. The molecule has 23 heavy (non-hydrogen) atoms. The van der Waals surface area contributed by atoms with Crippen molar-refractivity contribution >= 4 is 30.2 Å². The summed E-state index contributed by atoms with van der Waals surface area (Å²) in [4.78, 5) is 11.6. The van der Waals surface area contributed by atoms with Crippen LogP contribution in [0.5, 0.6) is 5.75 Å². The SMILES string of the molecule is O=Cc1c(OCc2ccccc2)cccc1[Se]c1ccccc1. The first kappa shape index (κ1) is 15.5. The molecule has 2 nitrogen and oxygen atoms in total. The van der Waals surface area contributed by atoms with E-state index in [2.05, 4.69) is 12.1 Å². The average Bonchev–Trinajstić information content (AvgIpc) is 2.62. The van der Waals surface area contributed by atoms with Crippen LogP contribution < -0.4 is 13.7 Å². The summed E-state index contributed by atoms with van der Waals surface area (Å²) in [7, 11) is 0. The Bertz CT molecular complexity index is 770. The second-order valence-electron chi connectivity index (χ2n) is 4.98. The third-order valence-electron chi connectivity index (χ3n) is 3.35. The first-order valence-electron chi connectivity index (χ1n) is 7.34. The predicted octanol–water partition coefficient (Wildman–Crippen LogP) is 2.73. The molecule has 0 saturated carbocycles. The topological polar surface area (TPSA) is 26.3 Å². The number of carbonyl (C=O) groups is 1. The van der Waals surface area contributed by atoms with E-state index in [1.54, 1.807) is 0 Å². The molecule has 0 heterocycles. The van der Waals surface area contributed by atoms with E-state index in [-0.39, 0.29) is 15.0 Å². The van der Waals surface area contributed by atoms with Gasteiger partial charge in [-0.1, -0.05) is 0 Å². The zero-order valence-corrected chi connectivity index (χ0v) is 14.2. The molecule has 3 rings (SSSR count). The maximum atomic E-state index is 11.6. The predicted molar refractivity (Wildman–Crippen MR) is 94.1 cm³/mol. The van der Waals surface area contributed by atoms with Crippen LogP contribution in [0.4, 0.5) is 0 Å². The molecule has 3 heteroatoms. The van der Waals surface area contributed by atoms with Gasteiger partial charge in [0.05, 0.1) is 0 Å². The van der Waals surface area contributed by atoms with Crippen LogP contribution in [-0.4, -0.2) is 21.2 Å². The number of hydrogen-bond donors (Lipinski definition) is 0. The molecule has 0 bridgehead atoms. The van der Waals surface area contributed by atoms with E-state index in [0.717, 1.165) is 16.3 Å². The van der Waals surface area contributed by atoms with Crippen molar-refractivity contribution in [1.29, 1.82) is 0 Å². The molecule has 3 aromatic rings. The van der Waals surface area contributed by atoms with Crippen LogP contribution in [0.2, 0.25) is 0 Å². The van der Waals surface area contributed by atoms with Crippen LogP contribution in [0, 0.1) is 0 Å². The molecule has 0 amide bonds. The van der Waals surface area contributed by atoms with E-state index in [1.165, 1.54) is 4.46 Å². The Morgan fingerprint density at radius 1 is 0.826 bits per heavy atom. The monoisotopic (exact) mass is 368 g/mol. The summed E-state index contributed by atoms with van der Waals surface area (Å²) in [5.74, 6) is 0.652. The molecule has 0 fully saturated rings. The number of hydrogen-bond acceptors (Lipinski definition) is 2. The van der Waals surface area contributed by atoms with Crippen molar-refractivity contribution in [2.75, 3.05) is 0 Å². The summed E-state index contributed by atoms with van der Waals surface area (Å²) in [6.45, 7) is 0.462. The molecule has 0 N–H and O–H groups in total. The normalized spacial score (nSPS) is 10.3. The Balaban J connectivity index is 1.81. The van der Waals surface area contributed by atoms with Crippen LogP contribution in [0.1, 0.15) is 15.9 Å². The van der Waals surface area contributed by atoms with E-state index in [1.807, 2.05) is 66.7 Å². The molecular weight excluding hydrogens is 351 g/mol. The molecule has 0 spiro atoms. The van der Waals surface area contributed by atoms with Gasteiger partial charge in [0.25, 0.3) is 0 Å². The first-order valence-corrected chi connectivity index (χ1v) is 9.06. The van der Waals surface area contributed by atoms with Gasteiger partial charge in [-0.15, -0.1) is 0 Å². The van der Waals surface area contributed by atoms with Gasteiger partial charge >= 0.3 is 142 Å². The molecule has 0 unspecified atom stereocenters. The van der Waals surface area contributed by atoms with Gasteiger partial charge in [-0.3, -0.25) is 0 Å². The summed E-state index contributed by atoms with van der Waals surface area (Å²) >= 11 is 0.0869.